The van der Waals surface area contributed by atoms with Crippen molar-refractivity contribution in [2.45, 2.75) is 30.2 Å². The number of amides is 1. The van der Waals surface area contributed by atoms with Gasteiger partial charge in [-0.15, -0.1) is 0 Å². The van der Waals surface area contributed by atoms with Gasteiger partial charge in [0.15, 0.2) is 0 Å². The molecule has 3 aromatic rings. The molecule has 0 unspecified atom stereocenters. The van der Waals surface area contributed by atoms with E-state index in [-0.39, 0.29) is 16.8 Å². The third-order valence-corrected chi connectivity index (χ3v) is 7.80. The van der Waals surface area contributed by atoms with E-state index < -0.39 is 10.0 Å². The van der Waals surface area contributed by atoms with Gasteiger partial charge < -0.3 is 5.32 Å². The number of halogens is 1. The molecule has 1 atom stereocenters. The van der Waals surface area contributed by atoms with Gasteiger partial charge >= 0.3 is 0 Å². The lowest BCUT2D eigenvalue weighted by atomic mass is 9.99. The van der Waals surface area contributed by atoms with Crippen molar-refractivity contribution in [3.63, 3.8) is 0 Å². The molecule has 1 amide bonds. The highest BCUT2D eigenvalue weighted by Crippen LogP contribution is 2.35. The van der Waals surface area contributed by atoms with Crippen molar-refractivity contribution in [2.75, 3.05) is 11.9 Å². The number of nitrogens with zero attached hydrogens (tertiary/aromatic N) is 2. The van der Waals surface area contributed by atoms with Gasteiger partial charge in [-0.3, -0.25) is 9.78 Å². The van der Waals surface area contributed by atoms with Gasteiger partial charge in [-0.25, -0.2) is 8.42 Å². The molecule has 0 radical (unpaired) electrons. The molecule has 2 aromatic carbocycles. The lowest BCUT2D eigenvalue weighted by Crippen LogP contribution is -2.38. The molecule has 1 aliphatic rings. The van der Waals surface area contributed by atoms with Crippen molar-refractivity contribution >= 4 is 37.5 Å². The summed E-state index contributed by atoms with van der Waals surface area (Å²) in [6.07, 6.45) is 6.00. The van der Waals surface area contributed by atoms with Gasteiger partial charge in [0.25, 0.3) is 5.91 Å². The molecule has 1 fully saturated rings. The molecule has 8 heteroatoms. The summed E-state index contributed by atoms with van der Waals surface area (Å²) in [7, 11) is -3.67. The smallest absolute Gasteiger partial charge is 0.255 e. The van der Waals surface area contributed by atoms with Gasteiger partial charge in [0.1, 0.15) is 0 Å². The highest BCUT2D eigenvalue weighted by molar-refractivity contribution is 9.10. The van der Waals surface area contributed by atoms with Gasteiger partial charge in [0.2, 0.25) is 10.0 Å². The zero-order chi connectivity index (χ0) is 21.8. The standard InChI is InChI=1S/C23H22BrN3O3S/c24-19-8-6-17(7-9-19)23(28)26-20-10-12-21(13-11-20)31(29,30)27-15-2-1-5-22(27)18-4-3-14-25-16-18/h3-4,6-14,16,22H,1-2,5,15H2,(H,26,28)/t22-/m1/s1. The number of hydrogen-bond acceptors (Lipinski definition) is 4. The number of sulfonamides is 1. The van der Waals surface area contributed by atoms with E-state index in [4.69, 9.17) is 0 Å². The fourth-order valence-electron chi connectivity index (χ4n) is 3.75. The second-order valence-electron chi connectivity index (χ2n) is 7.40. The minimum Gasteiger partial charge on any atom is -0.322 e. The van der Waals surface area contributed by atoms with Crippen molar-refractivity contribution < 1.29 is 13.2 Å². The summed E-state index contributed by atoms with van der Waals surface area (Å²) in [5.41, 5.74) is 1.96. The minimum atomic E-state index is -3.67. The van der Waals surface area contributed by atoms with Gasteiger partial charge in [0, 0.05) is 34.7 Å². The Bertz CT molecular complexity index is 1150. The van der Waals surface area contributed by atoms with Crippen LogP contribution in [0.2, 0.25) is 0 Å². The molecule has 4 rings (SSSR count). The number of carbonyl (C=O) groups excluding carboxylic acids is 1. The summed E-state index contributed by atoms with van der Waals surface area (Å²) < 4.78 is 29.2. The summed E-state index contributed by atoms with van der Waals surface area (Å²) in [5.74, 6) is -0.254. The highest BCUT2D eigenvalue weighted by Gasteiger charge is 2.34. The van der Waals surface area contributed by atoms with Crippen molar-refractivity contribution in [1.82, 2.24) is 9.29 Å². The van der Waals surface area contributed by atoms with Crippen molar-refractivity contribution in [1.29, 1.82) is 0 Å². The molecule has 0 aliphatic carbocycles. The average molecular weight is 500 g/mol. The zero-order valence-electron chi connectivity index (χ0n) is 16.7. The largest absolute Gasteiger partial charge is 0.322 e. The Morgan fingerprint density at radius 3 is 2.45 bits per heavy atom. The van der Waals surface area contributed by atoms with Gasteiger partial charge in [-0.05, 0) is 73.0 Å². The highest BCUT2D eigenvalue weighted by atomic mass is 79.9. The maximum absolute atomic E-state index is 13.4. The van der Waals surface area contributed by atoms with E-state index in [0.717, 1.165) is 29.3 Å². The van der Waals surface area contributed by atoms with Crippen molar-refractivity contribution in [2.24, 2.45) is 0 Å². The van der Waals surface area contributed by atoms with Crippen LogP contribution in [0.25, 0.3) is 0 Å². The van der Waals surface area contributed by atoms with Crippen LogP contribution >= 0.6 is 15.9 Å². The first kappa shape index (κ1) is 21.7. The van der Waals surface area contributed by atoms with Crippen LogP contribution in [-0.4, -0.2) is 30.2 Å². The number of benzene rings is 2. The number of nitrogens with one attached hydrogen (secondary N) is 1. The second-order valence-corrected chi connectivity index (χ2v) is 10.2. The van der Waals surface area contributed by atoms with E-state index in [1.165, 1.54) is 0 Å². The lowest BCUT2D eigenvalue weighted by Gasteiger charge is -2.34. The zero-order valence-corrected chi connectivity index (χ0v) is 19.1. The number of rotatable bonds is 5. The first-order valence-corrected chi connectivity index (χ1v) is 12.3. The van der Waals surface area contributed by atoms with Crippen LogP contribution in [0.15, 0.2) is 82.4 Å². The summed E-state index contributed by atoms with van der Waals surface area (Å²) >= 11 is 3.34. The molecule has 0 bridgehead atoms. The lowest BCUT2D eigenvalue weighted by molar-refractivity contribution is 0.102. The van der Waals surface area contributed by atoms with E-state index in [0.29, 0.717) is 17.8 Å². The quantitative estimate of drug-likeness (QED) is 0.534. The van der Waals surface area contributed by atoms with Crippen LogP contribution in [0, 0.1) is 0 Å². The van der Waals surface area contributed by atoms with Gasteiger partial charge in [0.05, 0.1) is 10.9 Å². The molecular formula is C23H22BrN3O3S. The molecule has 6 nitrogen and oxygen atoms in total. The van der Waals surface area contributed by atoms with Crippen molar-refractivity contribution in [3.05, 3.63) is 88.7 Å². The Kier molecular flexibility index (Phi) is 6.50. The molecule has 1 aromatic heterocycles. The number of pyridine rings is 1. The Hall–Kier alpha value is -2.55. The number of anilines is 1. The molecular weight excluding hydrogens is 478 g/mol. The Morgan fingerprint density at radius 1 is 1.03 bits per heavy atom. The summed E-state index contributed by atoms with van der Waals surface area (Å²) in [6, 6.07) is 16.9. The topological polar surface area (TPSA) is 79.4 Å². The molecule has 1 saturated heterocycles. The molecule has 1 aliphatic heterocycles. The predicted octanol–water partition coefficient (Wildman–Crippen LogP) is 5.01. The van der Waals surface area contributed by atoms with Gasteiger partial charge in [-0.2, -0.15) is 4.31 Å². The molecule has 1 N–H and O–H groups in total. The summed E-state index contributed by atoms with van der Waals surface area (Å²) in [5, 5.41) is 2.80. The monoisotopic (exact) mass is 499 g/mol. The van der Waals surface area contributed by atoms with Gasteiger partial charge in [-0.1, -0.05) is 28.4 Å². The molecule has 0 spiro atoms. The number of carbonyl (C=O) groups is 1. The maximum atomic E-state index is 13.4. The Labute approximate surface area is 190 Å². The van der Waals surface area contributed by atoms with E-state index in [2.05, 4.69) is 26.2 Å². The van der Waals surface area contributed by atoms with Crippen molar-refractivity contribution in [3.8, 4) is 0 Å². The average Bonchev–Trinajstić information content (AvgIpc) is 2.80. The molecule has 0 saturated carbocycles. The van der Waals surface area contributed by atoms with E-state index >= 15 is 0 Å². The molecule has 2 heterocycles. The fourth-order valence-corrected chi connectivity index (χ4v) is 5.70. The summed E-state index contributed by atoms with van der Waals surface area (Å²) in [6.45, 7) is 0.476. The van der Waals surface area contributed by atoms with Crippen LogP contribution in [0.3, 0.4) is 0 Å². The number of aromatic nitrogens is 1. The normalized spacial score (nSPS) is 17.3. The minimum absolute atomic E-state index is 0.213. The first-order chi connectivity index (χ1) is 14.9. The van der Waals surface area contributed by atoms with Crippen LogP contribution in [0.1, 0.15) is 41.2 Å². The summed E-state index contributed by atoms with van der Waals surface area (Å²) in [4.78, 5) is 16.8. The maximum Gasteiger partial charge on any atom is 0.255 e. The third kappa shape index (κ3) is 4.87. The third-order valence-electron chi connectivity index (χ3n) is 5.35. The van der Waals surface area contributed by atoms with E-state index in [1.807, 2.05) is 12.1 Å². The SMILES string of the molecule is O=C(Nc1ccc(S(=O)(=O)N2CCCC[C@@H]2c2cccnc2)cc1)c1ccc(Br)cc1. The van der Waals surface area contributed by atoms with E-state index in [1.54, 1.807) is 65.2 Å². The Balaban J connectivity index is 1.53. The Morgan fingerprint density at radius 2 is 1.77 bits per heavy atom. The molecule has 160 valence electrons. The second kappa shape index (κ2) is 9.30. The fraction of sp³-hybridized carbons (Fsp3) is 0.217. The number of piperidine rings is 1. The van der Waals surface area contributed by atoms with E-state index in [9.17, 15) is 13.2 Å². The van der Waals surface area contributed by atoms with Crippen LogP contribution in [0.4, 0.5) is 5.69 Å². The first-order valence-electron chi connectivity index (χ1n) is 10.0. The van der Waals surface area contributed by atoms with Crippen LogP contribution < -0.4 is 5.32 Å². The molecule has 31 heavy (non-hydrogen) atoms. The predicted molar refractivity (Wildman–Crippen MR) is 123 cm³/mol. The van der Waals surface area contributed by atoms with Crippen LogP contribution in [-0.2, 0) is 10.0 Å². The number of hydrogen-bond donors (Lipinski definition) is 1. The van der Waals surface area contributed by atoms with Crippen LogP contribution in [0.5, 0.6) is 0 Å².